The fourth-order valence-corrected chi connectivity index (χ4v) is 14.3. The summed E-state index contributed by atoms with van der Waals surface area (Å²) in [4.78, 5) is 0. The standard InChI is InChI=1S/C44H80/c1-15-19-20-22-36-38(41(12,13)39(36)37(31(8)17-3)26-35(18-4)29(5)6)32(9)25-34(11)43-27-33(10)40-42(14,44(40,43)28-43)24-23-30(7)21-16-2/h16,29-40H,2,15,17-28H2,1,3-14H3. The van der Waals surface area contributed by atoms with Gasteiger partial charge in [0.1, 0.15) is 0 Å². The van der Waals surface area contributed by atoms with Crippen LogP contribution in [0.25, 0.3) is 0 Å². The molecule has 14 unspecified atom stereocenters. The van der Waals surface area contributed by atoms with E-state index in [0.29, 0.717) is 21.7 Å². The van der Waals surface area contributed by atoms with E-state index in [-0.39, 0.29) is 0 Å². The molecule has 4 aliphatic carbocycles. The third kappa shape index (κ3) is 5.86. The lowest BCUT2D eigenvalue weighted by Gasteiger charge is -2.65. The fraction of sp³-hybridized carbons (Fsp3) is 0.955. The molecule has 0 heteroatoms. The van der Waals surface area contributed by atoms with Crippen LogP contribution in [0.2, 0.25) is 0 Å². The Hall–Kier alpha value is -0.260. The van der Waals surface area contributed by atoms with E-state index in [2.05, 4.69) is 103 Å². The van der Waals surface area contributed by atoms with E-state index in [9.17, 15) is 0 Å². The molecule has 256 valence electrons. The second kappa shape index (κ2) is 13.7. The molecule has 4 saturated carbocycles. The summed E-state index contributed by atoms with van der Waals surface area (Å²) in [6.07, 6.45) is 20.7. The summed E-state index contributed by atoms with van der Waals surface area (Å²) in [5.41, 5.74) is 2.46. The predicted molar refractivity (Wildman–Crippen MR) is 196 cm³/mol. The van der Waals surface area contributed by atoms with Crippen molar-refractivity contribution in [2.75, 3.05) is 0 Å². The van der Waals surface area contributed by atoms with Gasteiger partial charge in [0.2, 0.25) is 0 Å². The summed E-state index contributed by atoms with van der Waals surface area (Å²) < 4.78 is 0. The Balaban J connectivity index is 1.51. The minimum atomic E-state index is 0.471. The molecule has 0 aromatic carbocycles. The maximum atomic E-state index is 4.03. The molecule has 0 aromatic heterocycles. The number of hydrogen-bond donors (Lipinski definition) is 0. The summed E-state index contributed by atoms with van der Waals surface area (Å²) in [5.74, 6) is 10.7. The molecule has 0 aliphatic heterocycles. The van der Waals surface area contributed by atoms with Gasteiger partial charge >= 0.3 is 0 Å². The molecule has 4 aliphatic rings. The molecule has 1 spiro atoms. The van der Waals surface area contributed by atoms with Crippen molar-refractivity contribution in [2.45, 2.75) is 173 Å². The Labute approximate surface area is 278 Å². The first-order valence-electron chi connectivity index (χ1n) is 20.3. The van der Waals surface area contributed by atoms with E-state index >= 15 is 0 Å². The van der Waals surface area contributed by atoms with Crippen LogP contribution in [0.3, 0.4) is 0 Å². The Kier molecular flexibility index (Phi) is 11.4. The summed E-state index contributed by atoms with van der Waals surface area (Å²) in [5, 5.41) is 0. The summed E-state index contributed by atoms with van der Waals surface area (Å²) in [6.45, 7) is 37.7. The quantitative estimate of drug-likeness (QED) is 0.0952. The van der Waals surface area contributed by atoms with Gasteiger partial charge in [-0.3, -0.25) is 0 Å². The van der Waals surface area contributed by atoms with Crippen LogP contribution in [0.1, 0.15) is 173 Å². The Morgan fingerprint density at radius 1 is 0.886 bits per heavy atom. The van der Waals surface area contributed by atoms with Gasteiger partial charge < -0.3 is 0 Å². The second-order valence-corrected chi connectivity index (χ2v) is 19.4. The Morgan fingerprint density at radius 2 is 1.57 bits per heavy atom. The molecule has 0 bridgehead atoms. The molecule has 0 N–H and O–H groups in total. The van der Waals surface area contributed by atoms with Crippen LogP contribution in [0, 0.1) is 92.7 Å². The van der Waals surface area contributed by atoms with Crippen LogP contribution in [0.5, 0.6) is 0 Å². The lowest BCUT2D eigenvalue weighted by Crippen LogP contribution is -2.60. The van der Waals surface area contributed by atoms with Crippen molar-refractivity contribution in [1.29, 1.82) is 0 Å². The van der Waals surface area contributed by atoms with Crippen molar-refractivity contribution in [3.8, 4) is 0 Å². The minimum Gasteiger partial charge on any atom is -0.103 e. The molecule has 4 rings (SSSR count). The van der Waals surface area contributed by atoms with E-state index in [1.807, 2.05) is 0 Å². The third-order valence-corrected chi connectivity index (χ3v) is 16.4. The van der Waals surface area contributed by atoms with Gasteiger partial charge in [0, 0.05) is 0 Å². The van der Waals surface area contributed by atoms with Crippen LogP contribution in [0.4, 0.5) is 0 Å². The van der Waals surface area contributed by atoms with Crippen molar-refractivity contribution in [1.82, 2.24) is 0 Å². The van der Waals surface area contributed by atoms with Crippen molar-refractivity contribution in [3.05, 3.63) is 12.7 Å². The zero-order valence-electron chi connectivity index (χ0n) is 32.4. The lowest BCUT2D eigenvalue weighted by molar-refractivity contribution is -0.173. The molecule has 0 amide bonds. The van der Waals surface area contributed by atoms with E-state index < -0.39 is 0 Å². The van der Waals surface area contributed by atoms with Crippen LogP contribution in [-0.2, 0) is 0 Å². The molecular formula is C44H80. The van der Waals surface area contributed by atoms with Gasteiger partial charge in [-0.05, 0) is 144 Å². The zero-order valence-corrected chi connectivity index (χ0v) is 32.4. The SMILES string of the molecule is C=CCC(C)CCC1(C)C2C(C)CC3(C(C)CC(C)C4C(CCCCC)C(C(CC(CC)C(C)C)C(C)CC)C4(C)C)CC213. The molecule has 44 heavy (non-hydrogen) atoms. The zero-order chi connectivity index (χ0) is 32.8. The van der Waals surface area contributed by atoms with Gasteiger partial charge in [-0.2, -0.15) is 0 Å². The predicted octanol–water partition coefficient (Wildman–Crippen LogP) is 13.9. The number of allylic oxidation sites excluding steroid dienone is 1. The van der Waals surface area contributed by atoms with Gasteiger partial charge in [-0.15, -0.1) is 6.58 Å². The van der Waals surface area contributed by atoms with Crippen molar-refractivity contribution in [2.24, 2.45) is 92.7 Å². The molecule has 0 saturated heterocycles. The molecule has 0 nitrogen and oxygen atoms in total. The van der Waals surface area contributed by atoms with Gasteiger partial charge in [-0.1, -0.05) is 128 Å². The molecule has 0 aromatic rings. The molecule has 14 atom stereocenters. The summed E-state index contributed by atoms with van der Waals surface area (Å²) in [6, 6.07) is 0. The first-order chi connectivity index (χ1) is 20.6. The van der Waals surface area contributed by atoms with E-state index in [4.69, 9.17) is 0 Å². The van der Waals surface area contributed by atoms with Crippen LogP contribution in [-0.4, -0.2) is 0 Å². The molecule has 4 fully saturated rings. The average Bonchev–Trinajstić information content (AvgIpc) is 3.74. The maximum absolute atomic E-state index is 4.03. The van der Waals surface area contributed by atoms with Gasteiger partial charge in [-0.25, -0.2) is 0 Å². The minimum absolute atomic E-state index is 0.471. The van der Waals surface area contributed by atoms with Crippen molar-refractivity contribution < 1.29 is 0 Å². The lowest BCUT2D eigenvalue weighted by atomic mass is 9.40. The highest BCUT2D eigenvalue weighted by Crippen LogP contribution is 3.00. The van der Waals surface area contributed by atoms with Crippen LogP contribution in [0.15, 0.2) is 12.7 Å². The van der Waals surface area contributed by atoms with Crippen LogP contribution < -0.4 is 0 Å². The first-order valence-corrected chi connectivity index (χ1v) is 20.3. The smallest absolute Gasteiger partial charge is 0.0140 e. The maximum Gasteiger partial charge on any atom is -0.0140 e. The summed E-state index contributed by atoms with van der Waals surface area (Å²) >= 11 is 0. The topological polar surface area (TPSA) is 0 Å². The van der Waals surface area contributed by atoms with E-state index in [1.165, 1.54) is 77.0 Å². The van der Waals surface area contributed by atoms with E-state index in [0.717, 1.165) is 71.0 Å². The third-order valence-electron chi connectivity index (χ3n) is 16.4. The fourth-order valence-electron chi connectivity index (χ4n) is 14.3. The largest absolute Gasteiger partial charge is 0.103 e. The van der Waals surface area contributed by atoms with Gasteiger partial charge in [0.25, 0.3) is 0 Å². The molecule has 0 radical (unpaired) electrons. The van der Waals surface area contributed by atoms with Gasteiger partial charge in [0.05, 0.1) is 0 Å². The highest BCUT2D eigenvalue weighted by atomic mass is 15.0. The molecule has 0 heterocycles. The Bertz CT molecular complexity index is 942. The number of unbranched alkanes of at least 4 members (excludes halogenated alkanes) is 2. The van der Waals surface area contributed by atoms with Crippen molar-refractivity contribution >= 4 is 0 Å². The van der Waals surface area contributed by atoms with Crippen molar-refractivity contribution in [3.63, 3.8) is 0 Å². The summed E-state index contributed by atoms with van der Waals surface area (Å²) in [7, 11) is 0. The number of hydrogen-bond acceptors (Lipinski definition) is 0. The second-order valence-electron chi connectivity index (χ2n) is 19.4. The monoisotopic (exact) mass is 609 g/mol. The normalized spacial score (nSPS) is 40.7. The average molecular weight is 609 g/mol. The Morgan fingerprint density at radius 3 is 2.14 bits per heavy atom. The molecular weight excluding hydrogens is 528 g/mol. The highest BCUT2D eigenvalue weighted by molar-refractivity contribution is 5.42. The highest BCUT2D eigenvalue weighted by Gasteiger charge is 2.94. The van der Waals surface area contributed by atoms with Crippen LogP contribution >= 0.6 is 0 Å². The van der Waals surface area contributed by atoms with Gasteiger partial charge in [0.15, 0.2) is 0 Å². The first kappa shape index (κ1) is 36.6. The number of rotatable bonds is 20. The van der Waals surface area contributed by atoms with E-state index in [1.54, 1.807) is 6.42 Å².